The van der Waals surface area contributed by atoms with E-state index in [-0.39, 0.29) is 0 Å². The largest absolute Gasteiger partial charge is 0.314 e. The van der Waals surface area contributed by atoms with Crippen LogP contribution in [0.4, 0.5) is 0 Å². The summed E-state index contributed by atoms with van der Waals surface area (Å²) < 4.78 is 0. The molecule has 1 N–H and O–H groups in total. The minimum Gasteiger partial charge on any atom is -0.314 e. The van der Waals surface area contributed by atoms with E-state index in [0.29, 0.717) is 6.04 Å². The number of thiophene rings is 1. The molecule has 102 valence electrons. The third-order valence-corrected chi connectivity index (χ3v) is 4.31. The standard InChI is InChI=1S/C17H23NS/c1-3-18-17(12-15-10-11-19-13-15)9-8-16-7-5-4-6-14(16)2/h4-7,10-11,13,17-18H,3,8-9,12H2,1-2H3. The summed E-state index contributed by atoms with van der Waals surface area (Å²) in [5, 5.41) is 8.04. The molecule has 0 radical (unpaired) electrons. The molecule has 0 saturated carbocycles. The molecular formula is C17H23NS. The first-order valence-corrected chi connectivity index (χ1v) is 8.03. The number of likely N-dealkylation sites (N-methyl/N-ethyl adjacent to an activating group) is 1. The molecule has 0 spiro atoms. The highest BCUT2D eigenvalue weighted by Gasteiger charge is 2.09. The minimum atomic E-state index is 0.583. The lowest BCUT2D eigenvalue weighted by Gasteiger charge is -2.18. The van der Waals surface area contributed by atoms with Gasteiger partial charge in [0.05, 0.1) is 0 Å². The lowest BCUT2D eigenvalue weighted by molar-refractivity contribution is 0.491. The van der Waals surface area contributed by atoms with Crippen molar-refractivity contribution in [3.05, 3.63) is 57.8 Å². The molecule has 0 fully saturated rings. The fraction of sp³-hybridized carbons (Fsp3) is 0.412. The van der Waals surface area contributed by atoms with Crippen LogP contribution in [0, 0.1) is 6.92 Å². The van der Waals surface area contributed by atoms with Crippen molar-refractivity contribution in [2.75, 3.05) is 6.54 Å². The van der Waals surface area contributed by atoms with E-state index in [2.05, 4.69) is 60.3 Å². The molecule has 2 rings (SSSR count). The van der Waals surface area contributed by atoms with Crippen LogP contribution >= 0.6 is 11.3 Å². The quantitative estimate of drug-likeness (QED) is 0.797. The molecule has 1 nitrogen and oxygen atoms in total. The van der Waals surface area contributed by atoms with Gasteiger partial charge in [-0.1, -0.05) is 31.2 Å². The predicted octanol–water partition coefficient (Wildman–Crippen LogP) is 4.21. The first-order chi connectivity index (χ1) is 9.29. The first kappa shape index (κ1) is 14.3. The van der Waals surface area contributed by atoms with E-state index in [1.807, 2.05) is 0 Å². The normalized spacial score (nSPS) is 12.5. The topological polar surface area (TPSA) is 12.0 Å². The maximum atomic E-state index is 3.62. The Bertz CT molecular complexity index is 476. The van der Waals surface area contributed by atoms with E-state index in [9.17, 15) is 0 Å². The highest BCUT2D eigenvalue weighted by molar-refractivity contribution is 7.07. The van der Waals surface area contributed by atoms with Crippen molar-refractivity contribution >= 4 is 11.3 Å². The number of hydrogen-bond donors (Lipinski definition) is 1. The molecule has 0 aliphatic rings. The SMILES string of the molecule is CCNC(CCc1ccccc1C)Cc1ccsc1. The van der Waals surface area contributed by atoms with E-state index in [4.69, 9.17) is 0 Å². The molecule has 1 heterocycles. The molecule has 1 atom stereocenters. The second-order valence-electron chi connectivity index (χ2n) is 5.06. The van der Waals surface area contributed by atoms with Gasteiger partial charge in [-0.15, -0.1) is 0 Å². The van der Waals surface area contributed by atoms with Gasteiger partial charge in [-0.05, 0) is 66.2 Å². The van der Waals surface area contributed by atoms with Crippen molar-refractivity contribution in [1.29, 1.82) is 0 Å². The lowest BCUT2D eigenvalue weighted by atomic mass is 9.98. The fourth-order valence-electron chi connectivity index (χ4n) is 2.48. The van der Waals surface area contributed by atoms with Crippen LogP contribution in [0.2, 0.25) is 0 Å². The Morgan fingerprint density at radius 1 is 1.21 bits per heavy atom. The first-order valence-electron chi connectivity index (χ1n) is 7.08. The number of rotatable bonds is 7. The smallest absolute Gasteiger partial charge is 0.0111 e. The monoisotopic (exact) mass is 273 g/mol. The van der Waals surface area contributed by atoms with Crippen molar-refractivity contribution < 1.29 is 0 Å². The Morgan fingerprint density at radius 3 is 2.74 bits per heavy atom. The van der Waals surface area contributed by atoms with Crippen LogP contribution < -0.4 is 5.32 Å². The van der Waals surface area contributed by atoms with Gasteiger partial charge in [0.1, 0.15) is 0 Å². The van der Waals surface area contributed by atoms with Crippen LogP contribution in [0.1, 0.15) is 30.0 Å². The Hall–Kier alpha value is -1.12. The van der Waals surface area contributed by atoms with Gasteiger partial charge in [0.25, 0.3) is 0 Å². The highest BCUT2D eigenvalue weighted by atomic mass is 32.1. The molecule has 2 aromatic rings. The third kappa shape index (κ3) is 4.48. The van der Waals surface area contributed by atoms with Crippen LogP contribution in [0.25, 0.3) is 0 Å². The summed E-state index contributed by atoms with van der Waals surface area (Å²) in [6.07, 6.45) is 3.51. The van der Waals surface area contributed by atoms with Gasteiger partial charge in [0.2, 0.25) is 0 Å². The lowest BCUT2D eigenvalue weighted by Crippen LogP contribution is -2.31. The van der Waals surface area contributed by atoms with Gasteiger partial charge in [-0.3, -0.25) is 0 Å². The molecule has 19 heavy (non-hydrogen) atoms. The van der Waals surface area contributed by atoms with E-state index in [1.54, 1.807) is 11.3 Å². The van der Waals surface area contributed by atoms with E-state index < -0.39 is 0 Å². The molecule has 0 amide bonds. The average molecular weight is 273 g/mol. The van der Waals surface area contributed by atoms with Gasteiger partial charge < -0.3 is 5.32 Å². The molecular weight excluding hydrogens is 250 g/mol. The van der Waals surface area contributed by atoms with Crippen molar-refractivity contribution in [1.82, 2.24) is 5.32 Å². The van der Waals surface area contributed by atoms with Crippen LogP contribution in [-0.2, 0) is 12.8 Å². The van der Waals surface area contributed by atoms with Crippen molar-refractivity contribution in [3.63, 3.8) is 0 Å². The zero-order chi connectivity index (χ0) is 13.5. The van der Waals surface area contributed by atoms with E-state index in [0.717, 1.165) is 19.4 Å². The summed E-state index contributed by atoms with van der Waals surface area (Å²) >= 11 is 1.79. The summed E-state index contributed by atoms with van der Waals surface area (Å²) in [6, 6.07) is 11.5. The average Bonchev–Trinajstić information content (AvgIpc) is 2.91. The molecule has 0 aliphatic heterocycles. The Morgan fingerprint density at radius 2 is 2.05 bits per heavy atom. The van der Waals surface area contributed by atoms with Gasteiger partial charge >= 0.3 is 0 Å². The number of aryl methyl sites for hydroxylation is 2. The molecule has 0 bridgehead atoms. The summed E-state index contributed by atoms with van der Waals surface area (Å²) in [6.45, 7) is 5.44. The van der Waals surface area contributed by atoms with Gasteiger partial charge in [-0.25, -0.2) is 0 Å². The third-order valence-electron chi connectivity index (χ3n) is 3.58. The molecule has 2 heteroatoms. The Balaban J connectivity index is 1.91. The maximum Gasteiger partial charge on any atom is 0.0111 e. The van der Waals surface area contributed by atoms with E-state index >= 15 is 0 Å². The molecule has 0 saturated heterocycles. The predicted molar refractivity (Wildman–Crippen MR) is 85.0 cm³/mol. The molecule has 1 unspecified atom stereocenters. The van der Waals surface area contributed by atoms with Gasteiger partial charge in [-0.2, -0.15) is 11.3 Å². The van der Waals surface area contributed by atoms with Crippen molar-refractivity contribution in [2.24, 2.45) is 0 Å². The minimum absolute atomic E-state index is 0.583. The van der Waals surface area contributed by atoms with E-state index in [1.165, 1.54) is 23.1 Å². The summed E-state index contributed by atoms with van der Waals surface area (Å²) in [5.74, 6) is 0. The van der Waals surface area contributed by atoms with Gasteiger partial charge in [0, 0.05) is 6.04 Å². The summed E-state index contributed by atoms with van der Waals surface area (Å²) in [7, 11) is 0. The second kappa shape index (κ2) is 7.46. The Kier molecular flexibility index (Phi) is 5.62. The van der Waals surface area contributed by atoms with Gasteiger partial charge in [0.15, 0.2) is 0 Å². The fourth-order valence-corrected chi connectivity index (χ4v) is 3.16. The van der Waals surface area contributed by atoms with Crippen LogP contribution in [0.3, 0.4) is 0 Å². The van der Waals surface area contributed by atoms with Crippen LogP contribution in [0.5, 0.6) is 0 Å². The van der Waals surface area contributed by atoms with Crippen LogP contribution in [0.15, 0.2) is 41.1 Å². The van der Waals surface area contributed by atoms with Crippen molar-refractivity contribution in [3.8, 4) is 0 Å². The maximum absolute atomic E-state index is 3.62. The zero-order valence-electron chi connectivity index (χ0n) is 11.9. The number of benzene rings is 1. The number of hydrogen-bond acceptors (Lipinski definition) is 2. The zero-order valence-corrected chi connectivity index (χ0v) is 12.7. The molecule has 1 aromatic carbocycles. The summed E-state index contributed by atoms with van der Waals surface area (Å²) in [4.78, 5) is 0. The highest BCUT2D eigenvalue weighted by Crippen LogP contribution is 2.14. The summed E-state index contributed by atoms with van der Waals surface area (Å²) in [5.41, 5.74) is 4.35. The molecule has 0 aliphatic carbocycles. The van der Waals surface area contributed by atoms with Crippen LogP contribution in [-0.4, -0.2) is 12.6 Å². The Labute approximate surface area is 120 Å². The molecule has 1 aromatic heterocycles. The number of nitrogens with one attached hydrogen (secondary N) is 1. The van der Waals surface area contributed by atoms with Crippen molar-refractivity contribution in [2.45, 2.75) is 39.2 Å². The second-order valence-corrected chi connectivity index (χ2v) is 5.84.